The van der Waals surface area contributed by atoms with E-state index in [1.54, 1.807) is 0 Å². The van der Waals surface area contributed by atoms with Gasteiger partial charge in [-0.2, -0.15) is 22.0 Å². The number of aliphatic hydroxyl groups excluding tert-OH is 1. The van der Waals surface area contributed by atoms with Crippen molar-refractivity contribution >= 4 is 5.91 Å². The van der Waals surface area contributed by atoms with Gasteiger partial charge < -0.3 is 16.2 Å². The monoisotopic (exact) mass is 292 g/mol. The normalized spacial score (nSPS) is 16.3. The molecule has 0 aliphatic rings. The lowest BCUT2D eigenvalue weighted by atomic mass is 9.95. The number of rotatable bonds is 6. The Balaban J connectivity index is 4.51. The number of nitrogens with two attached hydrogens (primary N) is 1. The Bertz CT molecular complexity index is 307. The fourth-order valence-corrected chi connectivity index (χ4v) is 1.18. The van der Waals surface area contributed by atoms with Crippen LogP contribution in [-0.2, 0) is 4.79 Å². The van der Waals surface area contributed by atoms with Gasteiger partial charge in [-0.3, -0.25) is 4.79 Å². The van der Waals surface area contributed by atoms with Crippen molar-refractivity contribution in [1.82, 2.24) is 5.32 Å². The van der Waals surface area contributed by atoms with E-state index in [4.69, 9.17) is 5.73 Å². The van der Waals surface area contributed by atoms with Crippen LogP contribution < -0.4 is 11.1 Å². The third-order valence-electron chi connectivity index (χ3n) is 2.50. The van der Waals surface area contributed by atoms with Gasteiger partial charge in [0.05, 0.1) is 6.42 Å². The van der Waals surface area contributed by atoms with Crippen molar-refractivity contribution in [2.45, 2.75) is 44.5 Å². The lowest BCUT2D eigenvalue weighted by Crippen LogP contribution is -2.57. The number of amides is 1. The van der Waals surface area contributed by atoms with E-state index in [-0.39, 0.29) is 0 Å². The average Bonchev–Trinajstić information content (AvgIpc) is 2.24. The summed E-state index contributed by atoms with van der Waals surface area (Å²) in [6, 6.07) is -1.37. The van der Waals surface area contributed by atoms with E-state index in [0.29, 0.717) is 0 Å². The van der Waals surface area contributed by atoms with Gasteiger partial charge in [-0.05, 0) is 5.92 Å². The lowest BCUT2D eigenvalue weighted by molar-refractivity contribution is -0.168. The summed E-state index contributed by atoms with van der Waals surface area (Å²) in [5, 5.41) is 10.7. The molecule has 0 radical (unpaired) electrons. The topological polar surface area (TPSA) is 75.3 Å². The van der Waals surface area contributed by atoms with Crippen LogP contribution in [0.2, 0.25) is 0 Å². The van der Waals surface area contributed by atoms with E-state index in [1.165, 1.54) is 19.2 Å². The standard InChI is InChI=1S/C10H17F5N2O2/c1-5(2)6(16)7(18)10(14,15)8(19)17-4-3-9(11,12)13/h5-7,18H,3-4,16H2,1-2H3,(H,17,19)/t6-,7?/m0/s1. The van der Waals surface area contributed by atoms with Gasteiger partial charge in [0.25, 0.3) is 5.91 Å². The van der Waals surface area contributed by atoms with Gasteiger partial charge >= 0.3 is 12.1 Å². The zero-order valence-electron chi connectivity index (χ0n) is 10.5. The molecule has 1 unspecified atom stereocenters. The summed E-state index contributed by atoms with van der Waals surface area (Å²) in [6.07, 6.45) is -8.45. The van der Waals surface area contributed by atoms with Crippen LogP contribution >= 0.6 is 0 Å². The molecule has 19 heavy (non-hydrogen) atoms. The first kappa shape index (κ1) is 18.0. The summed E-state index contributed by atoms with van der Waals surface area (Å²) in [5.41, 5.74) is 5.29. The fraction of sp³-hybridized carbons (Fsp3) is 0.900. The molecule has 4 N–H and O–H groups in total. The lowest BCUT2D eigenvalue weighted by Gasteiger charge is -2.28. The summed E-state index contributed by atoms with van der Waals surface area (Å²) >= 11 is 0. The molecular formula is C10H17F5N2O2. The van der Waals surface area contributed by atoms with Crippen molar-refractivity contribution < 1.29 is 31.9 Å². The molecule has 0 saturated carbocycles. The highest BCUT2D eigenvalue weighted by Crippen LogP contribution is 2.24. The minimum atomic E-state index is -4.56. The highest BCUT2D eigenvalue weighted by molar-refractivity contribution is 5.84. The molecule has 1 amide bonds. The highest BCUT2D eigenvalue weighted by atomic mass is 19.4. The number of alkyl halides is 5. The quantitative estimate of drug-likeness (QED) is 0.640. The largest absolute Gasteiger partial charge is 0.390 e. The first-order valence-corrected chi connectivity index (χ1v) is 5.56. The molecule has 0 bridgehead atoms. The second-order valence-electron chi connectivity index (χ2n) is 4.51. The van der Waals surface area contributed by atoms with E-state index in [9.17, 15) is 31.9 Å². The molecule has 4 nitrogen and oxygen atoms in total. The summed E-state index contributed by atoms with van der Waals surface area (Å²) in [7, 11) is 0. The third kappa shape index (κ3) is 5.68. The molecule has 0 fully saturated rings. The third-order valence-corrected chi connectivity index (χ3v) is 2.50. The Morgan fingerprint density at radius 3 is 2.11 bits per heavy atom. The summed E-state index contributed by atoms with van der Waals surface area (Å²) in [4.78, 5) is 11.1. The van der Waals surface area contributed by atoms with Crippen molar-refractivity contribution in [3.8, 4) is 0 Å². The van der Waals surface area contributed by atoms with Gasteiger partial charge in [0, 0.05) is 12.6 Å². The van der Waals surface area contributed by atoms with E-state index in [0.717, 1.165) is 0 Å². The molecular weight excluding hydrogens is 275 g/mol. The van der Waals surface area contributed by atoms with E-state index in [1.807, 2.05) is 0 Å². The van der Waals surface area contributed by atoms with Crippen LogP contribution in [0.25, 0.3) is 0 Å². The van der Waals surface area contributed by atoms with Crippen LogP contribution in [0, 0.1) is 5.92 Å². The Hall–Kier alpha value is -0.960. The van der Waals surface area contributed by atoms with Gasteiger partial charge in [-0.15, -0.1) is 0 Å². The molecule has 0 aromatic heterocycles. The SMILES string of the molecule is CC(C)[C@H](N)C(O)C(F)(F)C(=O)NCCC(F)(F)F. The number of nitrogens with one attached hydrogen (secondary N) is 1. The van der Waals surface area contributed by atoms with E-state index >= 15 is 0 Å². The van der Waals surface area contributed by atoms with Crippen LogP contribution in [0.1, 0.15) is 20.3 Å². The van der Waals surface area contributed by atoms with Gasteiger partial charge in [-0.1, -0.05) is 13.8 Å². The first-order chi connectivity index (χ1) is 8.39. The Morgan fingerprint density at radius 1 is 1.26 bits per heavy atom. The molecule has 0 aromatic rings. The number of carbonyl (C=O) groups excluding carboxylic acids is 1. The van der Waals surface area contributed by atoms with Crippen molar-refractivity contribution in [1.29, 1.82) is 0 Å². The first-order valence-electron chi connectivity index (χ1n) is 5.56. The minimum absolute atomic E-state index is 0.524. The van der Waals surface area contributed by atoms with Crippen LogP contribution in [0.3, 0.4) is 0 Å². The fourth-order valence-electron chi connectivity index (χ4n) is 1.18. The maximum atomic E-state index is 13.4. The molecule has 0 spiro atoms. The van der Waals surface area contributed by atoms with Crippen molar-refractivity contribution in [3.05, 3.63) is 0 Å². The molecule has 0 heterocycles. The minimum Gasteiger partial charge on any atom is -0.385 e. The average molecular weight is 292 g/mol. The van der Waals surface area contributed by atoms with Gasteiger partial charge in [-0.25, -0.2) is 0 Å². The van der Waals surface area contributed by atoms with Gasteiger partial charge in [0.1, 0.15) is 6.10 Å². The second-order valence-corrected chi connectivity index (χ2v) is 4.51. The zero-order chi connectivity index (χ0) is 15.4. The molecule has 2 atom stereocenters. The van der Waals surface area contributed by atoms with Gasteiger partial charge in [0.2, 0.25) is 0 Å². The van der Waals surface area contributed by atoms with Crippen LogP contribution in [0.4, 0.5) is 22.0 Å². The van der Waals surface area contributed by atoms with Gasteiger partial charge in [0.15, 0.2) is 0 Å². The van der Waals surface area contributed by atoms with E-state index in [2.05, 4.69) is 0 Å². The zero-order valence-corrected chi connectivity index (χ0v) is 10.5. The second kappa shape index (κ2) is 6.47. The molecule has 0 aliphatic carbocycles. The Kier molecular flexibility index (Phi) is 6.14. The van der Waals surface area contributed by atoms with Crippen LogP contribution in [0.15, 0.2) is 0 Å². The smallest absolute Gasteiger partial charge is 0.385 e. The molecule has 114 valence electrons. The van der Waals surface area contributed by atoms with E-state index < -0.39 is 49.0 Å². The number of hydrogen-bond donors (Lipinski definition) is 3. The number of hydrogen-bond acceptors (Lipinski definition) is 3. The summed E-state index contributed by atoms with van der Waals surface area (Å²) < 4.78 is 62.2. The summed E-state index contributed by atoms with van der Waals surface area (Å²) in [6.45, 7) is 1.94. The Labute approximate surface area is 107 Å². The maximum absolute atomic E-state index is 13.4. The molecule has 0 rings (SSSR count). The number of aliphatic hydroxyl groups is 1. The predicted octanol–water partition coefficient (Wildman–Crippen LogP) is 1.03. The number of halogens is 5. The molecule has 9 heteroatoms. The van der Waals surface area contributed by atoms with Crippen molar-refractivity contribution in [3.63, 3.8) is 0 Å². The molecule has 0 aromatic carbocycles. The summed E-state index contributed by atoms with van der Waals surface area (Å²) in [5.74, 6) is -6.74. The van der Waals surface area contributed by atoms with Crippen LogP contribution in [-0.4, -0.2) is 41.8 Å². The Morgan fingerprint density at radius 2 is 1.74 bits per heavy atom. The van der Waals surface area contributed by atoms with Crippen LogP contribution in [0.5, 0.6) is 0 Å². The maximum Gasteiger partial charge on any atom is 0.390 e. The molecule has 0 aliphatic heterocycles. The highest BCUT2D eigenvalue weighted by Gasteiger charge is 2.49. The predicted molar refractivity (Wildman–Crippen MR) is 57.4 cm³/mol. The molecule has 0 saturated heterocycles. The van der Waals surface area contributed by atoms with Crippen molar-refractivity contribution in [2.24, 2.45) is 11.7 Å². The number of carbonyl (C=O) groups is 1. The van der Waals surface area contributed by atoms with Crippen molar-refractivity contribution in [2.75, 3.05) is 6.54 Å².